The van der Waals surface area contributed by atoms with Crippen molar-refractivity contribution in [2.24, 2.45) is 5.92 Å². The highest BCUT2D eigenvalue weighted by molar-refractivity contribution is 7.14. The molecule has 29 heavy (non-hydrogen) atoms. The van der Waals surface area contributed by atoms with E-state index in [2.05, 4.69) is 5.32 Å². The number of anilines is 2. The number of esters is 1. The zero-order valence-electron chi connectivity index (χ0n) is 16.4. The molecule has 1 aliphatic heterocycles. The quantitative estimate of drug-likeness (QED) is 0.762. The molecular weight excluding hydrogens is 390 g/mol. The van der Waals surface area contributed by atoms with E-state index < -0.39 is 23.9 Å². The van der Waals surface area contributed by atoms with Gasteiger partial charge in [-0.15, -0.1) is 11.3 Å². The third kappa shape index (κ3) is 4.30. The Bertz CT molecular complexity index is 1010. The number of nitrogens with zero attached hydrogens (tertiary/aromatic N) is 2. The Morgan fingerprint density at radius 3 is 2.83 bits per heavy atom. The van der Waals surface area contributed by atoms with Crippen LogP contribution in [0.25, 0.3) is 0 Å². The molecule has 0 unspecified atom stereocenters. The smallest absolute Gasteiger partial charge is 0.312 e. The molecular formula is C21H21N3O4S. The molecule has 8 heteroatoms. The van der Waals surface area contributed by atoms with Crippen LogP contribution in [0.3, 0.4) is 0 Å². The van der Waals surface area contributed by atoms with Crippen LogP contribution in [-0.4, -0.2) is 30.4 Å². The summed E-state index contributed by atoms with van der Waals surface area (Å²) in [7, 11) is 0. The van der Waals surface area contributed by atoms with Crippen molar-refractivity contribution in [1.82, 2.24) is 0 Å². The van der Waals surface area contributed by atoms with Crippen LogP contribution >= 0.6 is 11.3 Å². The number of benzene rings is 1. The minimum atomic E-state index is -1.04. The molecule has 0 aliphatic carbocycles. The molecule has 150 valence electrons. The molecule has 0 saturated carbocycles. The maximum Gasteiger partial charge on any atom is 0.312 e. The topological polar surface area (TPSA) is 99.5 Å². The molecule has 2 amide bonds. The minimum Gasteiger partial charge on any atom is -0.452 e. The Balaban J connectivity index is 1.62. The molecule has 0 bridgehead atoms. The lowest BCUT2D eigenvalue weighted by atomic mass is 10.1. The third-order valence-electron chi connectivity index (χ3n) is 5.01. The molecule has 1 aromatic heterocycles. The van der Waals surface area contributed by atoms with Gasteiger partial charge in [0.1, 0.15) is 11.1 Å². The lowest BCUT2D eigenvalue weighted by molar-refractivity contribution is -0.157. The van der Waals surface area contributed by atoms with Crippen molar-refractivity contribution in [3.8, 4) is 6.07 Å². The number of carbonyl (C=O) groups is 3. The van der Waals surface area contributed by atoms with Crippen LogP contribution in [-0.2, 0) is 19.1 Å². The fourth-order valence-corrected chi connectivity index (χ4v) is 3.90. The minimum absolute atomic E-state index is 0.0457. The fraction of sp³-hybridized carbons (Fsp3) is 0.333. The number of hydrogen-bond acceptors (Lipinski definition) is 6. The molecule has 7 nitrogen and oxygen atoms in total. The monoisotopic (exact) mass is 411 g/mol. The first-order valence-electron chi connectivity index (χ1n) is 9.17. The molecule has 1 saturated heterocycles. The highest BCUT2D eigenvalue weighted by Crippen LogP contribution is 2.30. The molecule has 1 N–H and O–H groups in total. The van der Waals surface area contributed by atoms with Crippen LogP contribution in [0.4, 0.5) is 10.7 Å². The largest absolute Gasteiger partial charge is 0.452 e. The number of nitriles is 1. The van der Waals surface area contributed by atoms with Crippen LogP contribution in [0.15, 0.2) is 29.6 Å². The fourth-order valence-electron chi connectivity index (χ4n) is 3.16. The number of thiophene rings is 1. The van der Waals surface area contributed by atoms with Gasteiger partial charge in [-0.1, -0.05) is 12.1 Å². The summed E-state index contributed by atoms with van der Waals surface area (Å²) in [5.74, 6) is -1.88. The van der Waals surface area contributed by atoms with Crippen molar-refractivity contribution in [3.63, 3.8) is 0 Å². The SMILES string of the molecule is Cc1cccc(N2C[C@H](C(=O)O[C@H](C)C(=O)Nc3sccc3C#N)CC2=O)c1C. The van der Waals surface area contributed by atoms with Crippen molar-refractivity contribution in [1.29, 1.82) is 5.26 Å². The first kappa shape index (κ1) is 20.6. The highest BCUT2D eigenvalue weighted by atomic mass is 32.1. The number of ether oxygens (including phenoxy) is 1. The van der Waals surface area contributed by atoms with Crippen molar-refractivity contribution < 1.29 is 19.1 Å². The Kier molecular flexibility index (Phi) is 5.99. The van der Waals surface area contributed by atoms with E-state index in [-0.39, 0.29) is 18.9 Å². The number of amides is 2. The molecule has 2 heterocycles. The van der Waals surface area contributed by atoms with Crippen LogP contribution in [0.2, 0.25) is 0 Å². The summed E-state index contributed by atoms with van der Waals surface area (Å²) in [4.78, 5) is 38.9. The van der Waals surface area contributed by atoms with Crippen LogP contribution in [0.5, 0.6) is 0 Å². The van der Waals surface area contributed by atoms with Gasteiger partial charge in [-0.2, -0.15) is 5.26 Å². The number of nitrogens with one attached hydrogen (secondary N) is 1. The van der Waals surface area contributed by atoms with E-state index in [0.29, 0.717) is 10.6 Å². The lowest BCUT2D eigenvalue weighted by Crippen LogP contribution is -2.33. The van der Waals surface area contributed by atoms with Gasteiger partial charge in [0.05, 0.1) is 11.5 Å². The average molecular weight is 411 g/mol. The van der Waals surface area contributed by atoms with E-state index in [1.165, 1.54) is 18.3 Å². The first-order chi connectivity index (χ1) is 13.8. The van der Waals surface area contributed by atoms with Crippen molar-refractivity contribution in [2.75, 3.05) is 16.8 Å². The van der Waals surface area contributed by atoms with Gasteiger partial charge < -0.3 is 15.0 Å². The summed E-state index contributed by atoms with van der Waals surface area (Å²) in [6, 6.07) is 9.29. The highest BCUT2D eigenvalue weighted by Gasteiger charge is 2.38. The second-order valence-corrected chi connectivity index (χ2v) is 7.88. The summed E-state index contributed by atoms with van der Waals surface area (Å²) < 4.78 is 5.30. The van der Waals surface area contributed by atoms with E-state index >= 15 is 0 Å². The first-order valence-corrected chi connectivity index (χ1v) is 10.0. The molecule has 1 aliphatic rings. The molecule has 1 fully saturated rings. The normalized spacial score (nSPS) is 17.0. The molecule has 0 spiro atoms. The van der Waals surface area contributed by atoms with E-state index in [1.54, 1.807) is 16.3 Å². The van der Waals surface area contributed by atoms with Crippen LogP contribution in [0.1, 0.15) is 30.0 Å². The molecule has 1 aromatic carbocycles. The van der Waals surface area contributed by atoms with E-state index in [4.69, 9.17) is 10.00 Å². The van der Waals surface area contributed by atoms with Gasteiger partial charge in [-0.3, -0.25) is 14.4 Å². The molecule has 0 radical (unpaired) electrons. The summed E-state index contributed by atoms with van der Waals surface area (Å²) in [5.41, 5.74) is 3.20. The standard InChI is InChI=1S/C21H21N3O4S/c1-12-5-4-6-17(13(12)2)24-11-16(9-18(24)25)21(27)28-14(3)19(26)23-20-15(10-22)7-8-29-20/h4-8,14,16H,9,11H2,1-3H3,(H,23,26)/t14-,16-/m1/s1. The van der Waals surface area contributed by atoms with Gasteiger partial charge in [0.15, 0.2) is 6.10 Å². The second kappa shape index (κ2) is 8.45. The Hall–Kier alpha value is -3.18. The zero-order chi connectivity index (χ0) is 21.1. The average Bonchev–Trinajstić information content (AvgIpc) is 3.30. The summed E-state index contributed by atoms with van der Waals surface area (Å²) in [6.45, 7) is 5.60. The van der Waals surface area contributed by atoms with Crippen molar-refractivity contribution >= 4 is 39.8 Å². The number of aryl methyl sites for hydroxylation is 1. The second-order valence-electron chi connectivity index (χ2n) is 6.97. The number of carbonyl (C=O) groups excluding carboxylic acids is 3. The molecule has 2 atom stereocenters. The third-order valence-corrected chi connectivity index (χ3v) is 5.84. The van der Waals surface area contributed by atoms with E-state index in [9.17, 15) is 14.4 Å². The number of hydrogen-bond donors (Lipinski definition) is 1. The maximum atomic E-state index is 12.5. The Labute approximate surface area is 172 Å². The van der Waals surface area contributed by atoms with Gasteiger partial charge in [0.2, 0.25) is 5.91 Å². The van der Waals surface area contributed by atoms with Gasteiger partial charge >= 0.3 is 5.97 Å². The van der Waals surface area contributed by atoms with Crippen molar-refractivity contribution in [2.45, 2.75) is 33.3 Å². The summed E-state index contributed by atoms with van der Waals surface area (Å²) >= 11 is 1.22. The predicted octanol–water partition coefficient (Wildman–Crippen LogP) is 3.16. The summed E-state index contributed by atoms with van der Waals surface area (Å²) in [6.07, 6.45) is -0.995. The maximum absolute atomic E-state index is 12.5. The Morgan fingerprint density at radius 2 is 2.10 bits per heavy atom. The van der Waals surface area contributed by atoms with E-state index in [1.807, 2.05) is 38.1 Å². The van der Waals surface area contributed by atoms with Gasteiger partial charge in [0.25, 0.3) is 5.91 Å². The molecule has 3 rings (SSSR count). The summed E-state index contributed by atoms with van der Waals surface area (Å²) in [5, 5.41) is 13.7. The van der Waals surface area contributed by atoms with Gasteiger partial charge in [-0.25, -0.2) is 0 Å². The lowest BCUT2D eigenvalue weighted by Gasteiger charge is -2.20. The Morgan fingerprint density at radius 1 is 1.34 bits per heavy atom. The van der Waals surface area contributed by atoms with Crippen molar-refractivity contribution in [3.05, 3.63) is 46.3 Å². The van der Waals surface area contributed by atoms with Gasteiger partial charge in [-0.05, 0) is 49.4 Å². The van der Waals surface area contributed by atoms with Crippen LogP contribution in [0, 0.1) is 31.1 Å². The number of rotatable bonds is 5. The van der Waals surface area contributed by atoms with E-state index in [0.717, 1.165) is 16.8 Å². The zero-order valence-corrected chi connectivity index (χ0v) is 17.2. The molecule has 2 aromatic rings. The van der Waals surface area contributed by atoms with Crippen LogP contribution < -0.4 is 10.2 Å². The predicted molar refractivity (Wildman–Crippen MR) is 110 cm³/mol. The van der Waals surface area contributed by atoms with Gasteiger partial charge in [0, 0.05) is 18.7 Å².